The monoisotopic (exact) mass is 416 g/mol. The molecule has 2 aliphatic carbocycles. The van der Waals surface area contributed by atoms with E-state index in [1.54, 1.807) is 0 Å². The summed E-state index contributed by atoms with van der Waals surface area (Å²) in [6, 6.07) is 7.21. The summed E-state index contributed by atoms with van der Waals surface area (Å²) in [6.07, 6.45) is 2.47. The molecule has 1 aromatic carbocycles. The molecule has 0 saturated heterocycles. The molecule has 0 aliphatic heterocycles. The molecular formula is C26H44O2Si. The van der Waals surface area contributed by atoms with Crippen molar-refractivity contribution in [3.8, 4) is 0 Å². The fraction of sp³-hybridized carbons (Fsp3) is 0.769. The minimum absolute atomic E-state index is 0.0177. The van der Waals surface area contributed by atoms with Crippen LogP contribution in [0, 0.1) is 11.8 Å². The molecule has 1 fully saturated rings. The summed E-state index contributed by atoms with van der Waals surface area (Å²) in [7, 11) is -1.78. The summed E-state index contributed by atoms with van der Waals surface area (Å²) >= 11 is 0. The van der Waals surface area contributed by atoms with E-state index in [-0.39, 0.29) is 27.9 Å². The molecule has 3 atom stereocenters. The van der Waals surface area contributed by atoms with Crippen LogP contribution in [0.25, 0.3) is 0 Å². The minimum Gasteiger partial charge on any atom is -0.417 e. The van der Waals surface area contributed by atoms with E-state index in [0.29, 0.717) is 11.8 Å². The second kappa shape index (κ2) is 6.93. The van der Waals surface area contributed by atoms with Gasteiger partial charge < -0.3 is 9.53 Å². The van der Waals surface area contributed by atoms with E-state index in [0.717, 1.165) is 6.61 Å². The van der Waals surface area contributed by atoms with Crippen LogP contribution >= 0.6 is 0 Å². The first-order valence-corrected chi connectivity index (χ1v) is 14.4. The Morgan fingerprint density at radius 3 is 2.03 bits per heavy atom. The van der Waals surface area contributed by atoms with Gasteiger partial charge in [0.1, 0.15) is 0 Å². The zero-order valence-electron chi connectivity index (χ0n) is 20.6. The van der Waals surface area contributed by atoms with Gasteiger partial charge in [0.25, 0.3) is 0 Å². The third-order valence-corrected chi connectivity index (χ3v) is 13.5. The molecule has 0 aromatic heterocycles. The van der Waals surface area contributed by atoms with Crippen molar-refractivity contribution in [2.75, 3.05) is 13.2 Å². The van der Waals surface area contributed by atoms with Gasteiger partial charge >= 0.3 is 0 Å². The smallest absolute Gasteiger partial charge is 0.191 e. The van der Waals surface area contributed by atoms with Gasteiger partial charge in [-0.05, 0) is 70.3 Å². The van der Waals surface area contributed by atoms with Crippen molar-refractivity contribution in [2.45, 2.75) is 103 Å². The zero-order chi connectivity index (χ0) is 22.0. The Kier molecular flexibility index (Phi) is 5.51. The SMILES string of the molecule is CC1(C)CCC(C)(C)c2cc(C3(C)C(CO[Si](C)(C)C(C)(C)C)[C@H]3CO)ccc21. The predicted octanol–water partition coefficient (Wildman–Crippen LogP) is 6.55. The van der Waals surface area contributed by atoms with Gasteiger partial charge in [-0.3, -0.25) is 0 Å². The van der Waals surface area contributed by atoms with Crippen molar-refractivity contribution in [2.24, 2.45) is 11.8 Å². The lowest BCUT2D eigenvalue weighted by molar-refractivity contribution is 0.232. The molecule has 0 radical (unpaired) electrons. The van der Waals surface area contributed by atoms with Crippen LogP contribution in [0.2, 0.25) is 18.1 Å². The standard InChI is InChI=1S/C26H44O2Si/c1-23(2,3)29(9,10)28-17-22-21(16-27)26(22,8)18-11-12-19-20(15-18)25(6,7)14-13-24(19,4)5/h11-12,15,21-22,27H,13-14,16-17H2,1-10H3/t21-,22?,26?/m1/s1. The van der Waals surface area contributed by atoms with Gasteiger partial charge in [-0.25, -0.2) is 0 Å². The number of hydrogen-bond donors (Lipinski definition) is 1. The van der Waals surface area contributed by atoms with Gasteiger partial charge in [0, 0.05) is 18.6 Å². The quantitative estimate of drug-likeness (QED) is 0.551. The molecule has 1 aromatic rings. The van der Waals surface area contributed by atoms with Gasteiger partial charge in [-0.1, -0.05) is 73.6 Å². The van der Waals surface area contributed by atoms with Crippen molar-refractivity contribution in [1.82, 2.24) is 0 Å². The highest BCUT2D eigenvalue weighted by atomic mass is 28.4. The maximum atomic E-state index is 10.1. The van der Waals surface area contributed by atoms with E-state index in [4.69, 9.17) is 4.43 Å². The zero-order valence-corrected chi connectivity index (χ0v) is 21.6. The maximum Gasteiger partial charge on any atom is 0.191 e. The molecule has 0 spiro atoms. The maximum absolute atomic E-state index is 10.1. The largest absolute Gasteiger partial charge is 0.417 e. The number of fused-ring (bicyclic) bond motifs is 1. The normalized spacial score (nSPS) is 30.7. The predicted molar refractivity (Wildman–Crippen MR) is 126 cm³/mol. The molecule has 3 rings (SSSR count). The van der Waals surface area contributed by atoms with Crippen molar-refractivity contribution in [3.63, 3.8) is 0 Å². The van der Waals surface area contributed by atoms with Crippen molar-refractivity contribution in [1.29, 1.82) is 0 Å². The average molecular weight is 417 g/mol. The van der Waals surface area contributed by atoms with Crippen LogP contribution in [-0.2, 0) is 20.7 Å². The number of rotatable bonds is 5. The van der Waals surface area contributed by atoms with Crippen LogP contribution in [0.15, 0.2) is 18.2 Å². The van der Waals surface area contributed by atoms with E-state index >= 15 is 0 Å². The van der Waals surface area contributed by atoms with Crippen molar-refractivity contribution in [3.05, 3.63) is 34.9 Å². The molecule has 0 amide bonds. The molecule has 0 heterocycles. The van der Waals surface area contributed by atoms with E-state index in [9.17, 15) is 5.11 Å². The number of hydrogen-bond acceptors (Lipinski definition) is 2. The second-order valence-electron chi connectivity index (χ2n) is 12.8. The summed E-state index contributed by atoms with van der Waals surface area (Å²) in [5.74, 6) is 0.699. The van der Waals surface area contributed by atoms with Gasteiger partial charge in [0.15, 0.2) is 8.32 Å². The number of benzene rings is 1. The van der Waals surface area contributed by atoms with E-state index in [1.165, 1.54) is 29.5 Å². The highest BCUT2D eigenvalue weighted by Gasteiger charge is 2.62. The Morgan fingerprint density at radius 1 is 0.966 bits per heavy atom. The van der Waals surface area contributed by atoms with Crippen LogP contribution in [0.3, 0.4) is 0 Å². The lowest BCUT2D eigenvalue weighted by atomic mass is 9.62. The second-order valence-corrected chi connectivity index (χ2v) is 17.6. The van der Waals surface area contributed by atoms with Gasteiger partial charge in [0.05, 0.1) is 0 Å². The number of aliphatic hydroxyl groups excluding tert-OH is 1. The molecule has 164 valence electrons. The Hall–Kier alpha value is -0.643. The first-order chi connectivity index (χ1) is 13.1. The fourth-order valence-corrected chi connectivity index (χ4v) is 6.20. The molecular weight excluding hydrogens is 372 g/mol. The van der Waals surface area contributed by atoms with Crippen LogP contribution in [0.5, 0.6) is 0 Å². The molecule has 0 bridgehead atoms. The Bertz CT molecular complexity index is 771. The average Bonchev–Trinajstić information content (AvgIpc) is 3.20. The van der Waals surface area contributed by atoms with E-state index in [1.807, 2.05) is 0 Å². The van der Waals surface area contributed by atoms with Crippen LogP contribution in [0.1, 0.15) is 84.9 Å². The summed E-state index contributed by atoms with van der Waals surface area (Å²) in [4.78, 5) is 0. The van der Waals surface area contributed by atoms with Crippen molar-refractivity contribution >= 4 is 8.32 Å². The third kappa shape index (κ3) is 3.76. The molecule has 1 saturated carbocycles. The molecule has 2 nitrogen and oxygen atoms in total. The molecule has 2 unspecified atom stereocenters. The summed E-state index contributed by atoms with van der Waals surface area (Å²) in [5, 5.41) is 10.4. The van der Waals surface area contributed by atoms with Gasteiger partial charge in [-0.2, -0.15) is 0 Å². The highest BCUT2D eigenvalue weighted by molar-refractivity contribution is 6.74. The van der Waals surface area contributed by atoms with Gasteiger partial charge in [0.2, 0.25) is 0 Å². The van der Waals surface area contributed by atoms with Crippen LogP contribution in [0.4, 0.5) is 0 Å². The molecule has 1 N–H and O–H groups in total. The topological polar surface area (TPSA) is 29.5 Å². The summed E-state index contributed by atoms with van der Waals surface area (Å²) < 4.78 is 6.58. The molecule has 29 heavy (non-hydrogen) atoms. The molecule has 3 heteroatoms. The highest BCUT2D eigenvalue weighted by Crippen LogP contribution is 2.61. The Labute approximate surface area is 180 Å². The Balaban J connectivity index is 1.90. The summed E-state index contributed by atoms with van der Waals surface area (Å²) in [5.41, 5.74) is 4.90. The first kappa shape index (κ1) is 23.0. The van der Waals surface area contributed by atoms with Crippen LogP contribution < -0.4 is 0 Å². The van der Waals surface area contributed by atoms with E-state index < -0.39 is 8.32 Å². The Morgan fingerprint density at radius 2 is 1.52 bits per heavy atom. The number of aliphatic hydroxyl groups is 1. The first-order valence-electron chi connectivity index (χ1n) is 11.5. The van der Waals surface area contributed by atoms with Gasteiger partial charge in [-0.15, -0.1) is 0 Å². The minimum atomic E-state index is -1.78. The van der Waals surface area contributed by atoms with Crippen molar-refractivity contribution < 1.29 is 9.53 Å². The fourth-order valence-electron chi connectivity index (χ4n) is 5.17. The third-order valence-electron chi connectivity index (χ3n) is 9.02. The van der Waals surface area contributed by atoms with Crippen LogP contribution in [-0.4, -0.2) is 26.6 Å². The lowest BCUT2D eigenvalue weighted by Gasteiger charge is -2.42. The lowest BCUT2D eigenvalue weighted by Crippen LogP contribution is -2.41. The molecule has 2 aliphatic rings. The van der Waals surface area contributed by atoms with E-state index in [2.05, 4.69) is 86.7 Å². The summed E-state index contributed by atoms with van der Waals surface area (Å²) in [6.45, 7) is 24.4.